The van der Waals surface area contributed by atoms with Gasteiger partial charge in [-0.1, -0.05) is 20.3 Å². The third-order valence-corrected chi connectivity index (χ3v) is 2.10. The summed E-state index contributed by atoms with van der Waals surface area (Å²) >= 11 is 0. The van der Waals surface area contributed by atoms with Gasteiger partial charge in [-0.05, 0) is 12.8 Å². The number of ether oxygens (including phenoxy) is 1. The van der Waals surface area contributed by atoms with E-state index in [2.05, 4.69) is 4.74 Å². The first-order valence-corrected chi connectivity index (χ1v) is 4.66. The fraction of sp³-hybridized carbons (Fsp3) is 0.778. The molecule has 5 nitrogen and oxygen atoms in total. The van der Waals surface area contributed by atoms with Crippen LogP contribution in [0.15, 0.2) is 0 Å². The molecule has 4 N–H and O–H groups in total. The Kier molecular flexibility index (Phi) is 5.34. The fourth-order valence-electron chi connectivity index (χ4n) is 0.746. The smallest absolute Gasteiger partial charge is 0.330 e. The molecule has 82 valence electrons. The lowest BCUT2D eigenvalue weighted by Gasteiger charge is -2.16. The van der Waals surface area contributed by atoms with Gasteiger partial charge >= 0.3 is 11.9 Å². The van der Waals surface area contributed by atoms with Crippen molar-refractivity contribution in [2.75, 3.05) is 0 Å². The van der Waals surface area contributed by atoms with Crippen molar-refractivity contribution in [1.29, 1.82) is 0 Å². The molecule has 0 aliphatic heterocycles. The van der Waals surface area contributed by atoms with Crippen LogP contribution in [0.4, 0.5) is 0 Å². The summed E-state index contributed by atoms with van der Waals surface area (Å²) < 4.78 is 4.47. The van der Waals surface area contributed by atoms with Crippen LogP contribution >= 0.6 is 0 Å². The van der Waals surface area contributed by atoms with Gasteiger partial charge in [0.25, 0.3) is 0 Å². The topological polar surface area (TPSA) is 95.4 Å². The molecule has 0 bridgehead atoms. The fourth-order valence-corrected chi connectivity index (χ4v) is 0.746. The second-order valence-corrected chi connectivity index (χ2v) is 3.44. The van der Waals surface area contributed by atoms with E-state index in [9.17, 15) is 9.59 Å². The molecule has 0 saturated carbocycles. The van der Waals surface area contributed by atoms with Crippen molar-refractivity contribution < 1.29 is 14.3 Å². The van der Waals surface area contributed by atoms with Crippen LogP contribution in [0, 0.1) is 5.92 Å². The van der Waals surface area contributed by atoms with E-state index in [1.165, 1.54) is 6.92 Å². The predicted octanol–water partition coefficient (Wildman–Crippen LogP) is -0.223. The predicted molar refractivity (Wildman–Crippen MR) is 52.2 cm³/mol. The van der Waals surface area contributed by atoms with Crippen LogP contribution in [-0.2, 0) is 14.3 Å². The first-order valence-electron chi connectivity index (χ1n) is 4.66. The molecule has 0 aromatic carbocycles. The molecular weight excluding hydrogens is 184 g/mol. The van der Waals surface area contributed by atoms with Crippen LogP contribution in [0.25, 0.3) is 0 Å². The van der Waals surface area contributed by atoms with Crippen molar-refractivity contribution in [2.45, 2.75) is 39.3 Å². The van der Waals surface area contributed by atoms with E-state index in [1.54, 1.807) is 0 Å². The number of carbonyl (C=O) groups is 2. The third kappa shape index (κ3) is 3.85. The van der Waals surface area contributed by atoms with Crippen molar-refractivity contribution in [1.82, 2.24) is 0 Å². The van der Waals surface area contributed by atoms with E-state index in [0.717, 1.165) is 6.42 Å². The van der Waals surface area contributed by atoms with Crippen molar-refractivity contribution in [3.63, 3.8) is 0 Å². The molecule has 0 amide bonds. The molecule has 0 aromatic rings. The second kappa shape index (κ2) is 5.72. The Morgan fingerprint density at radius 1 is 1.21 bits per heavy atom. The third-order valence-electron chi connectivity index (χ3n) is 2.10. The SMILES string of the molecule is CC[C@H](C)[C@H](N)C(=O)OC(=O)[C@H](C)N. The molecule has 5 heteroatoms. The first kappa shape index (κ1) is 13.1. The van der Waals surface area contributed by atoms with Crippen LogP contribution in [0.5, 0.6) is 0 Å². The minimum Gasteiger partial charge on any atom is -0.391 e. The number of hydrogen-bond donors (Lipinski definition) is 2. The highest BCUT2D eigenvalue weighted by Gasteiger charge is 2.24. The maximum atomic E-state index is 11.2. The maximum Gasteiger partial charge on any atom is 0.330 e. The molecule has 3 atom stereocenters. The summed E-state index contributed by atoms with van der Waals surface area (Å²) in [6.45, 7) is 5.18. The highest BCUT2D eigenvalue weighted by Crippen LogP contribution is 2.06. The van der Waals surface area contributed by atoms with Crippen LogP contribution in [0.3, 0.4) is 0 Å². The Bertz CT molecular complexity index is 216. The van der Waals surface area contributed by atoms with Crippen LogP contribution in [0.2, 0.25) is 0 Å². The van der Waals surface area contributed by atoms with Crippen molar-refractivity contribution in [3.05, 3.63) is 0 Å². The monoisotopic (exact) mass is 202 g/mol. The average molecular weight is 202 g/mol. The van der Waals surface area contributed by atoms with Gasteiger partial charge in [-0.15, -0.1) is 0 Å². The van der Waals surface area contributed by atoms with Gasteiger partial charge in [0, 0.05) is 0 Å². The molecule has 0 unspecified atom stereocenters. The zero-order chi connectivity index (χ0) is 11.3. The lowest BCUT2D eigenvalue weighted by molar-refractivity contribution is -0.162. The van der Waals surface area contributed by atoms with Gasteiger partial charge in [-0.2, -0.15) is 0 Å². The summed E-state index contributed by atoms with van der Waals surface area (Å²) in [7, 11) is 0. The van der Waals surface area contributed by atoms with Gasteiger partial charge in [0.2, 0.25) is 0 Å². The molecule has 0 fully saturated rings. The number of rotatable bonds is 4. The number of esters is 2. The van der Waals surface area contributed by atoms with Crippen molar-refractivity contribution in [3.8, 4) is 0 Å². The Hall–Kier alpha value is -0.940. The molecule has 0 heterocycles. The molecule has 14 heavy (non-hydrogen) atoms. The lowest BCUT2D eigenvalue weighted by Crippen LogP contribution is -2.41. The maximum absolute atomic E-state index is 11.2. The number of carbonyl (C=O) groups excluding carboxylic acids is 2. The Labute approximate surface area is 83.8 Å². The van der Waals surface area contributed by atoms with E-state index < -0.39 is 24.0 Å². The molecule has 0 aliphatic carbocycles. The number of hydrogen-bond acceptors (Lipinski definition) is 5. The minimum absolute atomic E-state index is 0.0108. The van der Waals surface area contributed by atoms with Crippen molar-refractivity contribution in [2.24, 2.45) is 17.4 Å². The van der Waals surface area contributed by atoms with Gasteiger partial charge in [-0.3, -0.25) is 0 Å². The van der Waals surface area contributed by atoms with Gasteiger partial charge in [0.05, 0.1) is 0 Å². The molecule has 0 aliphatic rings. The Balaban J connectivity index is 4.15. The number of nitrogens with two attached hydrogens (primary N) is 2. The summed E-state index contributed by atoms with van der Waals surface area (Å²) in [6.07, 6.45) is 0.753. The summed E-state index contributed by atoms with van der Waals surface area (Å²) in [5, 5.41) is 0. The molecular formula is C9H18N2O3. The van der Waals surface area contributed by atoms with E-state index in [-0.39, 0.29) is 5.92 Å². The quantitative estimate of drug-likeness (QED) is 0.485. The molecule has 0 rings (SSSR count). The van der Waals surface area contributed by atoms with E-state index in [0.29, 0.717) is 0 Å². The summed E-state index contributed by atoms with van der Waals surface area (Å²) in [5.41, 5.74) is 10.8. The molecule has 0 aromatic heterocycles. The Morgan fingerprint density at radius 2 is 1.71 bits per heavy atom. The van der Waals surface area contributed by atoms with Crippen LogP contribution in [0.1, 0.15) is 27.2 Å². The van der Waals surface area contributed by atoms with Gasteiger partial charge in [0.15, 0.2) is 0 Å². The summed E-state index contributed by atoms with van der Waals surface area (Å²) in [6, 6.07) is -1.56. The molecule has 0 spiro atoms. The van der Waals surface area contributed by atoms with Gasteiger partial charge in [-0.25, -0.2) is 9.59 Å². The second-order valence-electron chi connectivity index (χ2n) is 3.44. The van der Waals surface area contributed by atoms with E-state index >= 15 is 0 Å². The zero-order valence-corrected chi connectivity index (χ0v) is 8.82. The summed E-state index contributed by atoms with van der Waals surface area (Å²) in [5.74, 6) is -1.46. The van der Waals surface area contributed by atoms with E-state index in [1.807, 2.05) is 13.8 Å². The van der Waals surface area contributed by atoms with E-state index in [4.69, 9.17) is 11.5 Å². The minimum atomic E-state index is -0.803. The molecule has 0 saturated heterocycles. The first-order chi connectivity index (χ1) is 6.40. The van der Waals surface area contributed by atoms with Crippen LogP contribution < -0.4 is 11.5 Å². The highest BCUT2D eigenvalue weighted by atomic mass is 16.6. The normalized spacial score (nSPS) is 16.9. The highest BCUT2D eigenvalue weighted by molar-refractivity contribution is 5.90. The van der Waals surface area contributed by atoms with Crippen molar-refractivity contribution >= 4 is 11.9 Å². The lowest BCUT2D eigenvalue weighted by atomic mass is 10.0. The molecule has 0 radical (unpaired) electrons. The summed E-state index contributed by atoms with van der Waals surface area (Å²) in [4.78, 5) is 22.2. The zero-order valence-electron chi connectivity index (χ0n) is 8.82. The van der Waals surface area contributed by atoms with Gasteiger partial charge in [0.1, 0.15) is 12.1 Å². The van der Waals surface area contributed by atoms with Crippen LogP contribution in [-0.4, -0.2) is 24.0 Å². The van der Waals surface area contributed by atoms with Gasteiger partial charge < -0.3 is 16.2 Å². The average Bonchev–Trinajstić information content (AvgIpc) is 2.14. The Morgan fingerprint density at radius 3 is 2.07 bits per heavy atom. The largest absolute Gasteiger partial charge is 0.391 e. The standard InChI is InChI=1S/C9H18N2O3/c1-4-5(2)7(11)9(13)14-8(12)6(3)10/h5-7H,4,10-11H2,1-3H3/t5-,6-,7-/m0/s1.